The van der Waals surface area contributed by atoms with Gasteiger partial charge in [-0.1, -0.05) is 29.8 Å². The fourth-order valence-corrected chi connectivity index (χ4v) is 4.49. The van der Waals surface area contributed by atoms with Crippen LogP contribution in [-0.2, 0) is 22.6 Å². The Balaban J connectivity index is 1.68. The Morgan fingerprint density at radius 1 is 1.19 bits per heavy atom. The van der Waals surface area contributed by atoms with E-state index in [2.05, 4.69) is 47.6 Å². The summed E-state index contributed by atoms with van der Waals surface area (Å²) >= 11 is 6.18. The second kappa shape index (κ2) is 11.7. The Morgan fingerprint density at radius 3 is 2.72 bits per heavy atom. The number of amides is 1. The van der Waals surface area contributed by atoms with Gasteiger partial charge in [-0.15, -0.1) is 0 Å². The van der Waals surface area contributed by atoms with E-state index in [1.54, 1.807) is 14.2 Å². The SMILES string of the molecule is COCCNC(=O)[C@@H]1C[C@H](NCc2cc(C)c(OC)cc2C)CN1Cc1cccc(Cl)c1. The largest absolute Gasteiger partial charge is 0.496 e. The first-order chi connectivity index (χ1) is 15.4. The number of nitrogens with zero attached hydrogens (tertiary/aromatic N) is 1. The highest BCUT2D eigenvalue weighted by molar-refractivity contribution is 6.30. The molecular formula is C25H34ClN3O3. The van der Waals surface area contributed by atoms with E-state index in [1.165, 1.54) is 11.1 Å². The molecule has 0 spiro atoms. The lowest BCUT2D eigenvalue weighted by atomic mass is 10.0. The highest BCUT2D eigenvalue weighted by Gasteiger charge is 2.36. The Bertz CT molecular complexity index is 921. The van der Waals surface area contributed by atoms with Crippen LogP contribution in [-0.4, -0.2) is 56.8 Å². The van der Waals surface area contributed by atoms with Crippen LogP contribution in [0.15, 0.2) is 36.4 Å². The zero-order chi connectivity index (χ0) is 23.1. The molecule has 0 aliphatic carbocycles. The monoisotopic (exact) mass is 459 g/mol. The summed E-state index contributed by atoms with van der Waals surface area (Å²) in [6, 6.07) is 12.1. The van der Waals surface area contributed by atoms with Gasteiger partial charge < -0.3 is 20.1 Å². The number of nitrogens with one attached hydrogen (secondary N) is 2. The van der Waals surface area contributed by atoms with Crippen molar-refractivity contribution in [3.05, 3.63) is 63.7 Å². The molecule has 0 unspecified atom stereocenters. The van der Waals surface area contributed by atoms with Crippen molar-refractivity contribution in [1.82, 2.24) is 15.5 Å². The van der Waals surface area contributed by atoms with E-state index >= 15 is 0 Å². The number of hydrogen-bond acceptors (Lipinski definition) is 5. The molecule has 2 atom stereocenters. The van der Waals surface area contributed by atoms with Gasteiger partial charge in [0.1, 0.15) is 5.75 Å². The van der Waals surface area contributed by atoms with Gasteiger partial charge in [-0.25, -0.2) is 0 Å². The van der Waals surface area contributed by atoms with Gasteiger partial charge in [0.25, 0.3) is 0 Å². The van der Waals surface area contributed by atoms with Crippen molar-refractivity contribution in [2.75, 3.05) is 33.9 Å². The number of benzene rings is 2. The highest BCUT2D eigenvalue weighted by atomic mass is 35.5. The zero-order valence-electron chi connectivity index (χ0n) is 19.4. The molecule has 1 saturated heterocycles. The van der Waals surface area contributed by atoms with E-state index in [0.717, 1.165) is 36.4 Å². The Labute approximate surface area is 196 Å². The second-order valence-corrected chi connectivity index (χ2v) is 8.86. The summed E-state index contributed by atoms with van der Waals surface area (Å²) in [4.78, 5) is 15.1. The van der Waals surface area contributed by atoms with E-state index in [-0.39, 0.29) is 18.0 Å². The highest BCUT2D eigenvalue weighted by Crippen LogP contribution is 2.25. The smallest absolute Gasteiger partial charge is 0.237 e. The third-order valence-electron chi connectivity index (χ3n) is 6.02. The quantitative estimate of drug-likeness (QED) is 0.533. The molecule has 1 fully saturated rings. The number of aryl methyl sites for hydroxylation is 2. The van der Waals surface area contributed by atoms with Gasteiger partial charge in [-0.3, -0.25) is 9.69 Å². The minimum absolute atomic E-state index is 0.0462. The van der Waals surface area contributed by atoms with Gasteiger partial charge in [0.05, 0.1) is 19.8 Å². The van der Waals surface area contributed by atoms with Crippen LogP contribution in [0.25, 0.3) is 0 Å². The summed E-state index contributed by atoms with van der Waals surface area (Å²) in [5, 5.41) is 7.38. The average molecular weight is 460 g/mol. The van der Waals surface area contributed by atoms with Gasteiger partial charge >= 0.3 is 0 Å². The van der Waals surface area contributed by atoms with E-state index in [4.69, 9.17) is 21.1 Å². The summed E-state index contributed by atoms with van der Waals surface area (Å²) in [7, 11) is 3.33. The van der Waals surface area contributed by atoms with Crippen molar-refractivity contribution < 1.29 is 14.3 Å². The fraction of sp³-hybridized carbons (Fsp3) is 0.480. The van der Waals surface area contributed by atoms with E-state index < -0.39 is 0 Å². The zero-order valence-corrected chi connectivity index (χ0v) is 20.2. The molecular weight excluding hydrogens is 426 g/mol. The fourth-order valence-electron chi connectivity index (χ4n) is 4.28. The predicted molar refractivity (Wildman–Crippen MR) is 128 cm³/mol. The molecule has 2 N–H and O–H groups in total. The van der Waals surface area contributed by atoms with Crippen molar-refractivity contribution in [3.63, 3.8) is 0 Å². The molecule has 1 aliphatic rings. The number of rotatable bonds is 10. The molecule has 7 heteroatoms. The maximum atomic E-state index is 12.9. The van der Waals surface area contributed by atoms with E-state index in [0.29, 0.717) is 24.7 Å². The lowest BCUT2D eigenvalue weighted by Gasteiger charge is -2.23. The van der Waals surface area contributed by atoms with Crippen LogP contribution in [0.3, 0.4) is 0 Å². The van der Waals surface area contributed by atoms with Crippen molar-refractivity contribution in [1.29, 1.82) is 0 Å². The van der Waals surface area contributed by atoms with Gasteiger partial charge in [-0.2, -0.15) is 0 Å². The molecule has 1 aliphatic heterocycles. The van der Waals surface area contributed by atoms with Crippen LogP contribution >= 0.6 is 11.6 Å². The molecule has 1 heterocycles. The summed E-state index contributed by atoms with van der Waals surface area (Å²) in [6.45, 7) is 7.41. The van der Waals surface area contributed by atoms with Gasteiger partial charge in [0.2, 0.25) is 5.91 Å². The summed E-state index contributed by atoms with van der Waals surface area (Å²) in [5.41, 5.74) is 4.68. The van der Waals surface area contributed by atoms with Crippen molar-refractivity contribution in [2.24, 2.45) is 0 Å². The van der Waals surface area contributed by atoms with Crippen LogP contribution < -0.4 is 15.4 Å². The van der Waals surface area contributed by atoms with Crippen molar-refractivity contribution >= 4 is 17.5 Å². The maximum Gasteiger partial charge on any atom is 0.237 e. The minimum Gasteiger partial charge on any atom is -0.496 e. The molecule has 2 aromatic carbocycles. The number of methoxy groups -OCH3 is 2. The number of hydrogen-bond donors (Lipinski definition) is 2. The Morgan fingerprint density at radius 2 is 2.00 bits per heavy atom. The standard InChI is InChI=1S/C25H34ClN3O3/c1-17-11-24(32-4)18(2)10-20(17)14-28-22-13-23(25(30)27-8-9-31-3)29(16-22)15-19-6-5-7-21(26)12-19/h5-7,10-12,22-23,28H,8-9,13-16H2,1-4H3,(H,27,30)/t22-,23-/m0/s1. The lowest BCUT2D eigenvalue weighted by molar-refractivity contribution is -0.125. The third kappa shape index (κ3) is 6.45. The molecule has 174 valence electrons. The minimum atomic E-state index is -0.193. The Hall–Kier alpha value is -2.12. The van der Waals surface area contributed by atoms with Gasteiger partial charge in [-0.05, 0) is 60.7 Å². The van der Waals surface area contributed by atoms with Crippen LogP contribution in [0.2, 0.25) is 5.02 Å². The van der Waals surface area contributed by atoms with Crippen LogP contribution in [0.5, 0.6) is 5.75 Å². The second-order valence-electron chi connectivity index (χ2n) is 8.42. The third-order valence-corrected chi connectivity index (χ3v) is 6.26. The Kier molecular flexibility index (Phi) is 8.93. The molecule has 0 aromatic heterocycles. The molecule has 0 saturated carbocycles. The number of carbonyl (C=O) groups excluding carboxylic acids is 1. The number of carbonyl (C=O) groups is 1. The number of ether oxygens (including phenoxy) is 2. The van der Waals surface area contributed by atoms with Crippen LogP contribution in [0, 0.1) is 13.8 Å². The first kappa shape index (κ1) is 24.5. The first-order valence-electron chi connectivity index (χ1n) is 11.0. The molecule has 0 radical (unpaired) electrons. The number of likely N-dealkylation sites (tertiary alicyclic amines) is 1. The molecule has 32 heavy (non-hydrogen) atoms. The summed E-state index contributed by atoms with van der Waals surface area (Å²) < 4.78 is 10.5. The maximum absolute atomic E-state index is 12.9. The molecule has 0 bridgehead atoms. The molecule has 6 nitrogen and oxygen atoms in total. The normalized spacial score (nSPS) is 18.7. The van der Waals surface area contributed by atoms with Crippen molar-refractivity contribution in [3.8, 4) is 5.75 Å². The van der Waals surface area contributed by atoms with Gasteiger partial charge in [0.15, 0.2) is 0 Å². The summed E-state index contributed by atoms with van der Waals surface area (Å²) in [5.74, 6) is 0.956. The lowest BCUT2D eigenvalue weighted by Crippen LogP contribution is -2.43. The topological polar surface area (TPSA) is 62.8 Å². The number of halogens is 1. The van der Waals surface area contributed by atoms with E-state index in [1.807, 2.05) is 18.2 Å². The van der Waals surface area contributed by atoms with Crippen LogP contribution in [0.4, 0.5) is 0 Å². The summed E-state index contributed by atoms with van der Waals surface area (Å²) in [6.07, 6.45) is 0.758. The molecule has 3 rings (SSSR count). The van der Waals surface area contributed by atoms with E-state index in [9.17, 15) is 4.79 Å². The van der Waals surface area contributed by atoms with Crippen LogP contribution in [0.1, 0.15) is 28.7 Å². The van der Waals surface area contributed by atoms with Gasteiger partial charge in [0, 0.05) is 44.4 Å². The average Bonchev–Trinajstić information content (AvgIpc) is 3.16. The molecule has 1 amide bonds. The van der Waals surface area contributed by atoms with Crippen molar-refractivity contribution in [2.45, 2.75) is 45.4 Å². The molecule has 2 aromatic rings. The predicted octanol–water partition coefficient (Wildman–Crippen LogP) is 3.46. The first-order valence-corrected chi connectivity index (χ1v) is 11.4.